The fourth-order valence-corrected chi connectivity index (χ4v) is 2.00. The van der Waals surface area contributed by atoms with Crippen LogP contribution in [0.25, 0.3) is 0 Å². The van der Waals surface area contributed by atoms with Crippen molar-refractivity contribution >= 4 is 17.1 Å². The van der Waals surface area contributed by atoms with Gasteiger partial charge >= 0.3 is 5.69 Å². The fraction of sp³-hybridized carbons (Fsp3) is 0.400. The maximum absolute atomic E-state index is 11.1. The van der Waals surface area contributed by atoms with Crippen LogP contribution >= 0.6 is 0 Å². The molecule has 1 aromatic rings. The third-order valence-corrected chi connectivity index (χ3v) is 2.81. The van der Waals surface area contributed by atoms with Crippen LogP contribution in [0.1, 0.15) is 0 Å². The number of para-hydroxylation sites is 1. The number of benzene rings is 1. The molecule has 0 aliphatic carbocycles. The summed E-state index contributed by atoms with van der Waals surface area (Å²) in [6.45, 7) is 3.18. The van der Waals surface area contributed by atoms with Crippen molar-refractivity contribution in [3.63, 3.8) is 0 Å². The van der Waals surface area contributed by atoms with Gasteiger partial charge in [-0.15, -0.1) is 0 Å². The molecule has 0 saturated carbocycles. The standard InChI is InChI=1S/C10H15N5O2/c11-13-8-2-1-3-9(10(8)15(16)17)14-6-4-12-5-7-14/h1-3,12-13H,4-7,11H2. The number of rotatable bonds is 3. The number of nitrogens with one attached hydrogen (secondary N) is 2. The number of hydrogen-bond donors (Lipinski definition) is 3. The summed E-state index contributed by atoms with van der Waals surface area (Å²) < 4.78 is 0. The molecule has 1 aliphatic heterocycles. The molecule has 92 valence electrons. The SMILES string of the molecule is NNc1cccc(N2CCNCC2)c1[N+](=O)[O-]. The van der Waals surface area contributed by atoms with Gasteiger partial charge in [-0.2, -0.15) is 0 Å². The summed E-state index contributed by atoms with van der Waals surface area (Å²) in [7, 11) is 0. The zero-order valence-electron chi connectivity index (χ0n) is 9.35. The second-order valence-corrected chi connectivity index (χ2v) is 3.81. The van der Waals surface area contributed by atoms with Crippen LogP contribution in [-0.2, 0) is 0 Å². The van der Waals surface area contributed by atoms with Crippen molar-refractivity contribution in [1.82, 2.24) is 5.32 Å². The van der Waals surface area contributed by atoms with E-state index < -0.39 is 4.92 Å². The van der Waals surface area contributed by atoms with Crippen molar-refractivity contribution in [1.29, 1.82) is 0 Å². The Hall–Kier alpha value is -1.86. The number of piperazine rings is 1. The molecule has 0 amide bonds. The molecule has 1 aliphatic rings. The van der Waals surface area contributed by atoms with Crippen LogP contribution in [-0.4, -0.2) is 31.1 Å². The predicted molar refractivity (Wildman–Crippen MR) is 66.0 cm³/mol. The van der Waals surface area contributed by atoms with Crippen molar-refractivity contribution in [2.45, 2.75) is 0 Å². The molecular weight excluding hydrogens is 222 g/mol. The molecule has 0 aromatic heterocycles. The molecule has 2 rings (SSSR count). The Morgan fingerprint density at radius 1 is 1.41 bits per heavy atom. The highest BCUT2D eigenvalue weighted by atomic mass is 16.6. The summed E-state index contributed by atoms with van der Waals surface area (Å²) in [5.74, 6) is 5.30. The highest BCUT2D eigenvalue weighted by molar-refractivity contribution is 5.76. The van der Waals surface area contributed by atoms with E-state index in [2.05, 4.69) is 10.7 Å². The van der Waals surface area contributed by atoms with Gasteiger partial charge in [-0.05, 0) is 12.1 Å². The van der Waals surface area contributed by atoms with Crippen LogP contribution in [0, 0.1) is 10.1 Å². The average Bonchev–Trinajstić information content (AvgIpc) is 2.38. The molecule has 1 heterocycles. The van der Waals surface area contributed by atoms with Gasteiger partial charge in [-0.3, -0.25) is 16.0 Å². The Balaban J connectivity index is 2.40. The van der Waals surface area contributed by atoms with Gasteiger partial charge in [0.1, 0.15) is 11.4 Å². The minimum Gasteiger partial charge on any atom is -0.363 e. The van der Waals surface area contributed by atoms with Crippen LogP contribution in [0.5, 0.6) is 0 Å². The maximum atomic E-state index is 11.1. The number of nitrogen functional groups attached to an aromatic ring is 1. The Bertz CT molecular complexity index is 417. The van der Waals surface area contributed by atoms with Gasteiger partial charge in [-0.25, -0.2) is 0 Å². The number of nitro groups is 1. The van der Waals surface area contributed by atoms with Gasteiger partial charge in [0, 0.05) is 26.2 Å². The summed E-state index contributed by atoms with van der Waals surface area (Å²) in [6, 6.07) is 5.12. The number of hydrazine groups is 1. The normalized spacial score (nSPS) is 15.7. The zero-order valence-corrected chi connectivity index (χ0v) is 9.35. The molecular formula is C10H15N5O2. The Labute approximate surface area is 98.7 Å². The third-order valence-electron chi connectivity index (χ3n) is 2.81. The van der Waals surface area contributed by atoms with Gasteiger partial charge in [-0.1, -0.05) is 6.07 Å². The van der Waals surface area contributed by atoms with Crippen molar-refractivity contribution in [3.05, 3.63) is 28.3 Å². The maximum Gasteiger partial charge on any atom is 0.316 e. The van der Waals surface area contributed by atoms with Gasteiger partial charge < -0.3 is 15.6 Å². The topological polar surface area (TPSA) is 96.5 Å². The van der Waals surface area contributed by atoms with E-state index in [0.29, 0.717) is 11.4 Å². The first kappa shape index (κ1) is 11.6. The molecule has 1 aromatic carbocycles. The van der Waals surface area contributed by atoms with Crippen LogP contribution in [0.15, 0.2) is 18.2 Å². The Morgan fingerprint density at radius 3 is 2.71 bits per heavy atom. The second kappa shape index (κ2) is 4.98. The van der Waals surface area contributed by atoms with E-state index in [4.69, 9.17) is 5.84 Å². The molecule has 0 radical (unpaired) electrons. The first-order chi connectivity index (χ1) is 8.24. The highest BCUT2D eigenvalue weighted by Crippen LogP contribution is 2.34. The first-order valence-electron chi connectivity index (χ1n) is 5.43. The van der Waals surface area contributed by atoms with Gasteiger partial charge in [0.2, 0.25) is 0 Å². The minimum absolute atomic E-state index is 0.0388. The molecule has 0 bridgehead atoms. The van der Waals surface area contributed by atoms with Crippen LogP contribution in [0.3, 0.4) is 0 Å². The van der Waals surface area contributed by atoms with E-state index in [0.717, 1.165) is 26.2 Å². The minimum atomic E-state index is -0.396. The molecule has 17 heavy (non-hydrogen) atoms. The van der Waals surface area contributed by atoms with Gasteiger partial charge in [0.15, 0.2) is 0 Å². The zero-order chi connectivity index (χ0) is 12.3. The lowest BCUT2D eigenvalue weighted by Gasteiger charge is -2.29. The number of hydrogen-bond acceptors (Lipinski definition) is 6. The molecule has 7 heteroatoms. The largest absolute Gasteiger partial charge is 0.363 e. The van der Waals surface area contributed by atoms with Crippen molar-refractivity contribution in [2.75, 3.05) is 36.5 Å². The summed E-state index contributed by atoms with van der Waals surface area (Å²) in [4.78, 5) is 12.7. The smallest absolute Gasteiger partial charge is 0.316 e. The van der Waals surface area contributed by atoms with Crippen LogP contribution in [0.4, 0.5) is 17.1 Å². The molecule has 1 saturated heterocycles. The molecule has 0 spiro atoms. The van der Waals surface area contributed by atoms with Crippen molar-refractivity contribution in [2.24, 2.45) is 5.84 Å². The molecule has 0 atom stereocenters. The highest BCUT2D eigenvalue weighted by Gasteiger charge is 2.24. The fourth-order valence-electron chi connectivity index (χ4n) is 2.00. The first-order valence-corrected chi connectivity index (χ1v) is 5.43. The van der Waals surface area contributed by atoms with Gasteiger partial charge in [0.25, 0.3) is 0 Å². The van der Waals surface area contributed by atoms with E-state index >= 15 is 0 Å². The van der Waals surface area contributed by atoms with E-state index in [1.807, 2.05) is 4.90 Å². The third kappa shape index (κ3) is 2.29. The van der Waals surface area contributed by atoms with Crippen molar-refractivity contribution in [3.8, 4) is 0 Å². The summed E-state index contributed by atoms with van der Waals surface area (Å²) >= 11 is 0. The Kier molecular flexibility index (Phi) is 3.40. The van der Waals surface area contributed by atoms with Crippen LogP contribution in [0.2, 0.25) is 0 Å². The molecule has 4 N–H and O–H groups in total. The van der Waals surface area contributed by atoms with Crippen LogP contribution < -0.4 is 21.5 Å². The molecule has 7 nitrogen and oxygen atoms in total. The lowest BCUT2D eigenvalue weighted by Crippen LogP contribution is -2.43. The average molecular weight is 237 g/mol. The van der Waals surface area contributed by atoms with E-state index in [-0.39, 0.29) is 5.69 Å². The second-order valence-electron chi connectivity index (χ2n) is 3.81. The number of nitro benzene ring substituents is 1. The molecule has 0 unspecified atom stereocenters. The summed E-state index contributed by atoms with van der Waals surface area (Å²) in [5.41, 5.74) is 3.37. The number of nitrogens with zero attached hydrogens (tertiary/aromatic N) is 2. The van der Waals surface area contributed by atoms with Gasteiger partial charge in [0.05, 0.1) is 4.92 Å². The van der Waals surface area contributed by atoms with E-state index in [1.165, 1.54) is 0 Å². The Morgan fingerprint density at radius 2 is 2.12 bits per heavy atom. The summed E-state index contributed by atoms with van der Waals surface area (Å²) in [6.07, 6.45) is 0. The van der Waals surface area contributed by atoms with E-state index in [1.54, 1.807) is 18.2 Å². The monoisotopic (exact) mass is 237 g/mol. The summed E-state index contributed by atoms with van der Waals surface area (Å²) in [5, 5.41) is 14.3. The van der Waals surface area contributed by atoms with E-state index in [9.17, 15) is 10.1 Å². The lowest BCUT2D eigenvalue weighted by atomic mass is 10.2. The number of anilines is 2. The predicted octanol–water partition coefficient (Wildman–Crippen LogP) is 0.290. The number of nitrogens with two attached hydrogens (primary N) is 1. The molecule has 1 fully saturated rings. The quantitative estimate of drug-likeness (QED) is 0.397. The van der Waals surface area contributed by atoms with Crippen molar-refractivity contribution < 1.29 is 4.92 Å². The lowest BCUT2D eigenvalue weighted by molar-refractivity contribution is -0.383.